The molecule has 1 amide bonds. The molecule has 0 saturated carbocycles. The number of unbranched alkanes of at least 4 members (excludes halogenated alkanes) is 20. The molecule has 6 heteroatoms. The van der Waals surface area contributed by atoms with E-state index in [1.165, 1.54) is 103 Å². The van der Waals surface area contributed by atoms with Crippen LogP contribution in [0.25, 0.3) is 0 Å². The molecule has 0 radical (unpaired) electrons. The van der Waals surface area contributed by atoms with Crippen molar-refractivity contribution in [2.24, 2.45) is 0 Å². The fourth-order valence-electron chi connectivity index (χ4n) is 7.51. The van der Waals surface area contributed by atoms with E-state index in [-0.39, 0.29) is 31.3 Å². The fraction of sp³-hybridized carbons (Fsp3) is 0.719. The van der Waals surface area contributed by atoms with Crippen LogP contribution in [0.2, 0.25) is 0 Å². The molecular formula is C57H99NO5. The summed E-state index contributed by atoms with van der Waals surface area (Å²) in [6.45, 7) is 6.33. The third kappa shape index (κ3) is 45.4. The van der Waals surface area contributed by atoms with Crippen LogP contribution in [-0.2, 0) is 14.3 Å². The molecule has 0 aromatic heterocycles. The van der Waals surface area contributed by atoms with Crippen molar-refractivity contribution in [3.8, 4) is 0 Å². The summed E-state index contributed by atoms with van der Waals surface area (Å²) < 4.78 is 5.89. The van der Waals surface area contributed by atoms with Crippen LogP contribution in [0.1, 0.15) is 239 Å². The second kappa shape index (κ2) is 50.0. The van der Waals surface area contributed by atoms with Crippen molar-refractivity contribution in [1.82, 2.24) is 5.32 Å². The molecule has 3 unspecified atom stereocenters. The first-order valence-corrected chi connectivity index (χ1v) is 26.3. The molecule has 0 aliphatic carbocycles. The molecule has 0 aliphatic rings. The average molecular weight is 878 g/mol. The minimum atomic E-state index is -0.805. The van der Waals surface area contributed by atoms with Crippen molar-refractivity contribution in [3.63, 3.8) is 0 Å². The summed E-state index contributed by atoms with van der Waals surface area (Å²) in [7, 11) is 0. The van der Waals surface area contributed by atoms with Crippen molar-refractivity contribution in [3.05, 3.63) is 85.1 Å². The Morgan fingerprint density at radius 1 is 0.476 bits per heavy atom. The van der Waals surface area contributed by atoms with E-state index in [9.17, 15) is 19.8 Å². The lowest BCUT2D eigenvalue weighted by molar-refractivity contribution is -0.150. The number of carbonyl (C=O) groups is 2. The molecular weight excluding hydrogens is 779 g/mol. The van der Waals surface area contributed by atoms with Gasteiger partial charge in [0.15, 0.2) is 0 Å². The lowest BCUT2D eigenvalue weighted by Crippen LogP contribution is -2.46. The van der Waals surface area contributed by atoms with Crippen molar-refractivity contribution < 1.29 is 24.5 Å². The highest BCUT2D eigenvalue weighted by atomic mass is 16.5. The number of amides is 1. The third-order valence-electron chi connectivity index (χ3n) is 11.5. The first-order chi connectivity index (χ1) is 31.0. The number of esters is 1. The van der Waals surface area contributed by atoms with Crippen LogP contribution in [0.4, 0.5) is 0 Å². The van der Waals surface area contributed by atoms with E-state index in [0.717, 1.165) is 83.5 Å². The molecule has 6 nitrogen and oxygen atoms in total. The number of hydrogen-bond donors (Lipinski definition) is 3. The molecule has 0 aromatic carbocycles. The van der Waals surface area contributed by atoms with Crippen molar-refractivity contribution in [2.45, 2.75) is 257 Å². The monoisotopic (exact) mass is 878 g/mol. The molecule has 3 atom stereocenters. The summed E-state index contributed by atoms with van der Waals surface area (Å²) >= 11 is 0. The van der Waals surface area contributed by atoms with Crippen molar-refractivity contribution >= 4 is 11.9 Å². The maximum Gasteiger partial charge on any atom is 0.306 e. The summed E-state index contributed by atoms with van der Waals surface area (Å²) in [4.78, 5) is 26.1. The maximum atomic E-state index is 13.2. The summed E-state index contributed by atoms with van der Waals surface area (Å²) in [5.74, 6) is -0.585. The van der Waals surface area contributed by atoms with Gasteiger partial charge in [-0.3, -0.25) is 9.59 Å². The van der Waals surface area contributed by atoms with Gasteiger partial charge in [0.2, 0.25) is 5.91 Å². The van der Waals surface area contributed by atoms with Crippen LogP contribution < -0.4 is 5.32 Å². The Bertz CT molecular complexity index is 1210. The van der Waals surface area contributed by atoms with Gasteiger partial charge in [-0.15, -0.1) is 0 Å². The number of nitrogens with one attached hydrogen (secondary N) is 1. The van der Waals surface area contributed by atoms with Crippen molar-refractivity contribution in [1.29, 1.82) is 0 Å². The number of aliphatic hydroxyl groups is 2. The first-order valence-electron chi connectivity index (χ1n) is 26.3. The lowest BCUT2D eigenvalue weighted by Gasteiger charge is -2.24. The number of ether oxygens (including phenoxy) is 1. The van der Waals surface area contributed by atoms with Crippen LogP contribution in [0.15, 0.2) is 85.1 Å². The van der Waals surface area contributed by atoms with Crippen LogP contribution in [0.5, 0.6) is 0 Å². The van der Waals surface area contributed by atoms with Gasteiger partial charge in [0.1, 0.15) is 6.10 Å². The van der Waals surface area contributed by atoms with Crippen molar-refractivity contribution in [2.75, 3.05) is 6.61 Å². The van der Waals surface area contributed by atoms with Gasteiger partial charge < -0.3 is 20.3 Å². The van der Waals surface area contributed by atoms with E-state index in [0.29, 0.717) is 19.3 Å². The van der Waals surface area contributed by atoms with Gasteiger partial charge in [0, 0.05) is 6.42 Å². The van der Waals surface area contributed by atoms with Crippen LogP contribution in [-0.4, -0.2) is 46.9 Å². The second-order valence-electron chi connectivity index (χ2n) is 17.5. The summed E-state index contributed by atoms with van der Waals surface area (Å²) in [6, 6.07) is -0.722. The predicted octanol–water partition coefficient (Wildman–Crippen LogP) is 16.0. The van der Waals surface area contributed by atoms with E-state index in [2.05, 4.69) is 105 Å². The third-order valence-corrected chi connectivity index (χ3v) is 11.5. The van der Waals surface area contributed by atoms with Gasteiger partial charge in [0.05, 0.1) is 25.2 Å². The van der Waals surface area contributed by atoms with Gasteiger partial charge in [-0.05, 0) is 89.9 Å². The zero-order valence-electron chi connectivity index (χ0n) is 41.2. The maximum absolute atomic E-state index is 13.2. The molecule has 0 rings (SSSR count). The number of carbonyl (C=O) groups excluding carboxylic acids is 2. The molecule has 0 bridgehead atoms. The van der Waals surface area contributed by atoms with Crippen LogP contribution in [0, 0.1) is 0 Å². The summed E-state index contributed by atoms with van der Waals surface area (Å²) in [6.07, 6.45) is 65.0. The zero-order valence-corrected chi connectivity index (χ0v) is 41.2. The number of rotatable bonds is 46. The molecule has 63 heavy (non-hydrogen) atoms. The quantitative estimate of drug-likeness (QED) is 0.0322. The molecule has 0 aliphatic heterocycles. The minimum absolute atomic E-state index is 0.0382. The van der Waals surface area contributed by atoms with Gasteiger partial charge >= 0.3 is 5.97 Å². The van der Waals surface area contributed by atoms with Gasteiger partial charge in [-0.25, -0.2) is 0 Å². The zero-order chi connectivity index (χ0) is 45.9. The van der Waals surface area contributed by atoms with Crippen LogP contribution >= 0.6 is 0 Å². The highest BCUT2D eigenvalue weighted by Gasteiger charge is 2.24. The number of aliphatic hydroxyl groups excluding tert-OH is 2. The Labute approximate surface area is 389 Å². The highest BCUT2D eigenvalue weighted by molar-refractivity contribution is 5.77. The van der Waals surface area contributed by atoms with E-state index < -0.39 is 18.2 Å². The van der Waals surface area contributed by atoms with Gasteiger partial charge in [-0.1, -0.05) is 221 Å². The Kier molecular flexibility index (Phi) is 47.7. The lowest BCUT2D eigenvalue weighted by atomic mass is 10.0. The summed E-state index contributed by atoms with van der Waals surface area (Å²) in [5.41, 5.74) is 0. The SMILES string of the molecule is CC/C=C\C/C=C\C/C=C\C/C=C\C/C=C\C/C=C\CCC(=O)OC(CCCCCCC/C=C\CCCCCC)CC(=O)NC(CO)C(O)CCCCCCCCCCCCCC. The smallest absolute Gasteiger partial charge is 0.306 e. The Hall–Kier alpha value is -2.96. The Morgan fingerprint density at radius 3 is 1.32 bits per heavy atom. The standard InChI is InChI=1S/C57H99NO5/c1-4-7-10-13-16-19-22-25-26-27-28-29-30-32-35-38-41-44-47-50-57(62)63-53(48-45-42-39-36-33-31-23-20-17-14-11-8-5-2)51-56(61)58-54(52-59)55(60)49-46-43-40-37-34-24-21-18-15-12-9-6-3/h7,10,16,19-20,23,25-26,28-29,32,35,41,44,53-55,59-60H,4-6,8-9,11-15,17-18,21-22,24,27,30-31,33-34,36-40,42-43,45-52H2,1-3H3,(H,58,61)/b10-7-,19-16-,23-20-,26-25-,29-28-,35-32-,44-41-. The second-order valence-corrected chi connectivity index (χ2v) is 17.5. The molecule has 0 aromatic rings. The molecule has 3 N–H and O–H groups in total. The molecule has 0 fully saturated rings. The highest BCUT2D eigenvalue weighted by Crippen LogP contribution is 2.17. The molecule has 0 saturated heterocycles. The van der Waals surface area contributed by atoms with E-state index in [1.807, 2.05) is 6.08 Å². The first kappa shape index (κ1) is 60.0. The van der Waals surface area contributed by atoms with Crippen LogP contribution in [0.3, 0.4) is 0 Å². The van der Waals surface area contributed by atoms with E-state index >= 15 is 0 Å². The Balaban J connectivity index is 4.70. The van der Waals surface area contributed by atoms with E-state index in [4.69, 9.17) is 4.74 Å². The molecule has 362 valence electrons. The normalized spacial score (nSPS) is 13.9. The van der Waals surface area contributed by atoms with Gasteiger partial charge in [-0.2, -0.15) is 0 Å². The topological polar surface area (TPSA) is 95.9 Å². The molecule has 0 spiro atoms. The summed E-state index contributed by atoms with van der Waals surface area (Å²) in [5, 5.41) is 23.7. The fourth-order valence-corrected chi connectivity index (χ4v) is 7.51. The van der Waals surface area contributed by atoms with E-state index in [1.54, 1.807) is 0 Å². The number of hydrogen-bond acceptors (Lipinski definition) is 5. The largest absolute Gasteiger partial charge is 0.462 e. The number of allylic oxidation sites excluding steroid dienone is 14. The van der Waals surface area contributed by atoms with Gasteiger partial charge in [0.25, 0.3) is 0 Å². The minimum Gasteiger partial charge on any atom is -0.462 e. The average Bonchev–Trinajstić information content (AvgIpc) is 3.28. The predicted molar refractivity (Wildman–Crippen MR) is 273 cm³/mol. The Morgan fingerprint density at radius 2 is 0.857 bits per heavy atom. The molecule has 0 heterocycles.